The Balaban J connectivity index is 2.30. The molecule has 0 aliphatic heterocycles. The molecule has 0 atom stereocenters. The predicted molar refractivity (Wildman–Crippen MR) is 74.8 cm³/mol. The van der Waals surface area contributed by atoms with Crippen molar-refractivity contribution in [3.63, 3.8) is 0 Å². The molecule has 0 spiro atoms. The molecule has 0 amide bonds. The Morgan fingerprint density at radius 2 is 2.19 bits per heavy atom. The molecule has 0 bridgehead atoms. The van der Waals surface area contributed by atoms with Gasteiger partial charge in [0.25, 0.3) is 5.69 Å². The van der Waals surface area contributed by atoms with Gasteiger partial charge in [-0.3, -0.25) is 10.1 Å². The van der Waals surface area contributed by atoms with E-state index in [0.29, 0.717) is 16.9 Å². The first-order chi connectivity index (χ1) is 10.1. The molecule has 2 heterocycles. The van der Waals surface area contributed by atoms with Gasteiger partial charge in [0.05, 0.1) is 16.8 Å². The van der Waals surface area contributed by atoms with Crippen molar-refractivity contribution in [2.75, 3.05) is 0 Å². The van der Waals surface area contributed by atoms with E-state index < -0.39 is 4.92 Å². The third-order valence-corrected chi connectivity index (χ3v) is 3.11. The van der Waals surface area contributed by atoms with Crippen molar-refractivity contribution < 1.29 is 4.92 Å². The van der Waals surface area contributed by atoms with Crippen molar-refractivity contribution in [3.8, 4) is 17.3 Å². The highest BCUT2D eigenvalue weighted by Crippen LogP contribution is 2.26. The highest BCUT2D eigenvalue weighted by atomic mass is 35.5. The normalized spacial score (nSPS) is 10.5. The van der Waals surface area contributed by atoms with E-state index in [-0.39, 0.29) is 16.4 Å². The minimum absolute atomic E-state index is 0.0405. The minimum Gasteiger partial charge on any atom is -0.258 e. The molecule has 3 rings (SSSR count). The molecular weight excluding hydrogens is 294 g/mol. The van der Waals surface area contributed by atoms with E-state index in [0.717, 1.165) is 0 Å². The topological polar surface area (TPSA) is 97.1 Å². The highest BCUT2D eigenvalue weighted by molar-refractivity contribution is 6.29. The number of aromatic nitrogens is 3. The Morgan fingerprint density at radius 3 is 2.90 bits per heavy atom. The fourth-order valence-corrected chi connectivity index (χ4v) is 2.18. The third kappa shape index (κ3) is 2.17. The summed E-state index contributed by atoms with van der Waals surface area (Å²) in [7, 11) is 0. The van der Waals surface area contributed by atoms with Crippen molar-refractivity contribution in [3.05, 3.63) is 57.4 Å². The molecule has 0 radical (unpaired) electrons. The number of non-ortho nitro benzene ring substituents is 1. The zero-order valence-corrected chi connectivity index (χ0v) is 11.2. The van der Waals surface area contributed by atoms with Gasteiger partial charge in [0.2, 0.25) is 0 Å². The molecule has 21 heavy (non-hydrogen) atoms. The lowest BCUT2D eigenvalue weighted by molar-refractivity contribution is -0.384. The summed E-state index contributed by atoms with van der Waals surface area (Å²) in [4.78, 5) is 14.4. The van der Waals surface area contributed by atoms with Crippen LogP contribution in [-0.2, 0) is 0 Å². The number of nitro benzene ring substituents is 1. The summed E-state index contributed by atoms with van der Waals surface area (Å²) in [6.45, 7) is 0. The number of nitriles is 1. The summed E-state index contributed by atoms with van der Waals surface area (Å²) in [6.07, 6.45) is 1.37. The van der Waals surface area contributed by atoms with Gasteiger partial charge in [-0.1, -0.05) is 23.7 Å². The lowest BCUT2D eigenvalue weighted by Gasteiger charge is -2.05. The maximum absolute atomic E-state index is 10.9. The molecular formula is C13H6ClN5O2. The van der Waals surface area contributed by atoms with Crippen LogP contribution in [0.15, 0.2) is 36.5 Å². The van der Waals surface area contributed by atoms with E-state index in [9.17, 15) is 10.1 Å². The van der Waals surface area contributed by atoms with Crippen molar-refractivity contribution >= 4 is 22.9 Å². The first-order valence-electron chi connectivity index (χ1n) is 5.79. The van der Waals surface area contributed by atoms with Crippen molar-refractivity contribution in [1.82, 2.24) is 14.6 Å². The maximum Gasteiger partial charge on any atom is 0.270 e. The summed E-state index contributed by atoms with van der Waals surface area (Å²) in [6, 6.07) is 9.60. The summed E-state index contributed by atoms with van der Waals surface area (Å²) in [5.41, 5.74) is 1.64. The quantitative estimate of drug-likeness (QED) is 0.412. The van der Waals surface area contributed by atoms with Gasteiger partial charge in [0, 0.05) is 23.8 Å². The average Bonchev–Trinajstić information content (AvgIpc) is 2.89. The van der Waals surface area contributed by atoms with E-state index >= 15 is 0 Å². The molecule has 1 aromatic carbocycles. The van der Waals surface area contributed by atoms with Gasteiger partial charge in [-0.25, -0.2) is 9.50 Å². The zero-order chi connectivity index (χ0) is 15.0. The molecule has 8 heteroatoms. The van der Waals surface area contributed by atoms with Crippen LogP contribution in [0, 0.1) is 21.4 Å². The molecule has 7 nitrogen and oxygen atoms in total. The molecule has 0 N–H and O–H groups in total. The lowest BCUT2D eigenvalue weighted by atomic mass is 10.1. The second kappa shape index (κ2) is 4.85. The van der Waals surface area contributed by atoms with E-state index in [4.69, 9.17) is 16.9 Å². The summed E-state index contributed by atoms with van der Waals surface area (Å²) < 4.78 is 1.43. The monoisotopic (exact) mass is 299 g/mol. The van der Waals surface area contributed by atoms with Crippen LogP contribution in [0.3, 0.4) is 0 Å². The smallest absolute Gasteiger partial charge is 0.258 e. The summed E-state index contributed by atoms with van der Waals surface area (Å²) >= 11 is 5.97. The van der Waals surface area contributed by atoms with E-state index in [1.165, 1.54) is 22.8 Å². The van der Waals surface area contributed by atoms with Crippen LogP contribution < -0.4 is 0 Å². The first-order valence-corrected chi connectivity index (χ1v) is 6.17. The number of nitrogens with zero attached hydrogens (tertiary/aromatic N) is 5. The Bertz CT molecular complexity index is 913. The van der Waals surface area contributed by atoms with Gasteiger partial charge in [0.1, 0.15) is 16.8 Å². The highest BCUT2D eigenvalue weighted by Gasteiger charge is 2.14. The Labute approximate surface area is 123 Å². The fourth-order valence-electron chi connectivity index (χ4n) is 2.00. The SMILES string of the molecule is N#Cc1cnn2c(-c3cccc([N+](=O)[O-])c3)cc(Cl)nc12. The molecule has 3 aromatic rings. The number of benzene rings is 1. The number of hydrogen-bond donors (Lipinski definition) is 0. The average molecular weight is 300 g/mol. The molecule has 0 aliphatic carbocycles. The Hall–Kier alpha value is -2.98. The molecule has 0 saturated carbocycles. The van der Waals surface area contributed by atoms with Crippen molar-refractivity contribution in [2.24, 2.45) is 0 Å². The largest absolute Gasteiger partial charge is 0.270 e. The van der Waals surface area contributed by atoms with Gasteiger partial charge in [-0.15, -0.1) is 0 Å². The van der Waals surface area contributed by atoms with Gasteiger partial charge in [0.15, 0.2) is 5.65 Å². The lowest BCUT2D eigenvalue weighted by Crippen LogP contribution is -1.97. The zero-order valence-electron chi connectivity index (χ0n) is 10.4. The van der Waals surface area contributed by atoms with Crippen molar-refractivity contribution in [1.29, 1.82) is 5.26 Å². The van der Waals surface area contributed by atoms with Crippen LogP contribution in [0.5, 0.6) is 0 Å². The molecule has 102 valence electrons. The molecule has 0 fully saturated rings. The van der Waals surface area contributed by atoms with Crippen LogP contribution >= 0.6 is 11.6 Å². The molecule has 0 saturated heterocycles. The first kappa shape index (κ1) is 13.0. The van der Waals surface area contributed by atoms with Gasteiger partial charge in [-0.2, -0.15) is 10.4 Å². The van der Waals surface area contributed by atoms with Crippen LogP contribution in [0.25, 0.3) is 16.9 Å². The van der Waals surface area contributed by atoms with Crippen LogP contribution in [0.2, 0.25) is 5.15 Å². The van der Waals surface area contributed by atoms with Crippen LogP contribution in [-0.4, -0.2) is 19.5 Å². The van der Waals surface area contributed by atoms with Crippen molar-refractivity contribution in [2.45, 2.75) is 0 Å². The van der Waals surface area contributed by atoms with E-state index in [1.54, 1.807) is 18.2 Å². The minimum atomic E-state index is -0.479. The number of rotatable bonds is 2. The molecule has 2 aromatic heterocycles. The summed E-state index contributed by atoms with van der Waals surface area (Å²) in [5, 5.41) is 24.2. The Morgan fingerprint density at radius 1 is 1.38 bits per heavy atom. The second-order valence-corrected chi connectivity index (χ2v) is 4.56. The maximum atomic E-state index is 10.9. The van der Waals surface area contributed by atoms with Gasteiger partial charge >= 0.3 is 0 Å². The number of nitro groups is 1. The standard InChI is InChI=1S/C13H6ClN5O2/c14-12-5-11(8-2-1-3-10(4-8)19(20)21)18-13(17-12)9(6-15)7-16-18/h1-5,7H. The Kier molecular flexibility index (Phi) is 3.01. The predicted octanol–water partition coefficient (Wildman–Crippen LogP) is 2.83. The molecule has 0 unspecified atom stereocenters. The third-order valence-electron chi connectivity index (χ3n) is 2.91. The van der Waals surface area contributed by atoms with E-state index in [2.05, 4.69) is 10.1 Å². The molecule has 0 aliphatic rings. The van der Waals surface area contributed by atoms with Gasteiger partial charge < -0.3 is 0 Å². The number of halogens is 1. The fraction of sp³-hybridized carbons (Fsp3) is 0. The van der Waals surface area contributed by atoms with Crippen LogP contribution in [0.1, 0.15) is 5.56 Å². The van der Waals surface area contributed by atoms with Crippen LogP contribution in [0.4, 0.5) is 5.69 Å². The second-order valence-electron chi connectivity index (χ2n) is 4.18. The number of fused-ring (bicyclic) bond motifs is 1. The summed E-state index contributed by atoms with van der Waals surface area (Å²) in [5.74, 6) is 0. The van der Waals surface area contributed by atoms with Gasteiger partial charge in [-0.05, 0) is 0 Å². The van der Waals surface area contributed by atoms with E-state index in [1.807, 2.05) is 6.07 Å². The number of hydrogen-bond acceptors (Lipinski definition) is 5.